The molecule has 0 aromatic carbocycles. The Labute approximate surface area is 151 Å². The fraction of sp³-hybridized carbons (Fsp3) is 0.444. The van der Waals surface area contributed by atoms with Crippen molar-refractivity contribution in [1.82, 2.24) is 19.9 Å². The molecule has 1 amide bonds. The Hall–Kier alpha value is -2.58. The van der Waals surface area contributed by atoms with Gasteiger partial charge in [-0.15, -0.1) is 0 Å². The number of hydrogen-bond acceptors (Lipinski definition) is 7. The second-order valence-electron chi connectivity index (χ2n) is 6.40. The molecule has 2 saturated heterocycles. The highest BCUT2D eigenvalue weighted by molar-refractivity contribution is 5.92. The summed E-state index contributed by atoms with van der Waals surface area (Å²) in [5.74, 6) is 0.0400. The molecule has 4 rings (SSSR count). The molecule has 1 spiro atoms. The number of nitrogens with zero attached hydrogens (tertiary/aromatic N) is 4. The molecule has 8 nitrogen and oxygen atoms in total. The molecule has 2 aromatic rings. The predicted molar refractivity (Wildman–Crippen MR) is 93.4 cm³/mol. The highest BCUT2D eigenvalue weighted by Crippen LogP contribution is 2.31. The average molecular weight is 355 g/mol. The number of aromatic nitrogens is 3. The van der Waals surface area contributed by atoms with Gasteiger partial charge in [-0.3, -0.25) is 9.78 Å². The van der Waals surface area contributed by atoms with Gasteiger partial charge in [-0.2, -0.15) is 0 Å². The van der Waals surface area contributed by atoms with Gasteiger partial charge >= 0.3 is 0 Å². The second kappa shape index (κ2) is 7.35. The van der Waals surface area contributed by atoms with Crippen LogP contribution >= 0.6 is 0 Å². The van der Waals surface area contributed by atoms with Gasteiger partial charge < -0.3 is 19.7 Å². The molecular formula is C18H21N5O3. The summed E-state index contributed by atoms with van der Waals surface area (Å²) in [7, 11) is 0. The van der Waals surface area contributed by atoms with Crippen molar-refractivity contribution < 1.29 is 14.3 Å². The van der Waals surface area contributed by atoms with Crippen LogP contribution in [0.3, 0.4) is 0 Å². The lowest BCUT2D eigenvalue weighted by Crippen LogP contribution is -2.47. The Morgan fingerprint density at radius 1 is 1.12 bits per heavy atom. The molecular weight excluding hydrogens is 334 g/mol. The van der Waals surface area contributed by atoms with Crippen molar-refractivity contribution in [2.45, 2.75) is 25.2 Å². The first-order valence-corrected chi connectivity index (χ1v) is 8.76. The molecule has 0 saturated carbocycles. The van der Waals surface area contributed by atoms with E-state index in [0.717, 1.165) is 5.56 Å². The minimum atomic E-state index is -0.483. The van der Waals surface area contributed by atoms with Gasteiger partial charge in [0.25, 0.3) is 5.91 Å². The Morgan fingerprint density at radius 2 is 1.85 bits per heavy atom. The molecule has 1 N–H and O–H groups in total. The van der Waals surface area contributed by atoms with Crippen LogP contribution in [0.4, 0.5) is 5.82 Å². The van der Waals surface area contributed by atoms with Gasteiger partial charge in [0.2, 0.25) is 0 Å². The lowest BCUT2D eigenvalue weighted by Gasteiger charge is -2.37. The normalized spacial score (nSPS) is 18.8. The molecule has 4 heterocycles. The number of carbonyl (C=O) groups is 1. The second-order valence-corrected chi connectivity index (χ2v) is 6.40. The summed E-state index contributed by atoms with van der Waals surface area (Å²) >= 11 is 0. The van der Waals surface area contributed by atoms with Gasteiger partial charge in [0.1, 0.15) is 11.5 Å². The van der Waals surface area contributed by atoms with E-state index in [4.69, 9.17) is 9.47 Å². The highest BCUT2D eigenvalue weighted by Gasteiger charge is 2.41. The van der Waals surface area contributed by atoms with Crippen molar-refractivity contribution in [2.24, 2.45) is 0 Å². The third-order valence-electron chi connectivity index (χ3n) is 4.72. The smallest absolute Gasteiger partial charge is 0.274 e. The topological polar surface area (TPSA) is 89.5 Å². The van der Waals surface area contributed by atoms with Crippen molar-refractivity contribution in [3.63, 3.8) is 0 Å². The molecule has 0 radical (unpaired) electrons. The summed E-state index contributed by atoms with van der Waals surface area (Å²) < 4.78 is 11.4. The zero-order chi connectivity index (χ0) is 17.8. The van der Waals surface area contributed by atoms with E-state index in [0.29, 0.717) is 57.2 Å². The van der Waals surface area contributed by atoms with E-state index < -0.39 is 5.79 Å². The number of amides is 1. The monoisotopic (exact) mass is 355 g/mol. The van der Waals surface area contributed by atoms with Crippen LogP contribution in [0.1, 0.15) is 28.9 Å². The van der Waals surface area contributed by atoms with Crippen LogP contribution in [0.5, 0.6) is 0 Å². The van der Waals surface area contributed by atoms with E-state index in [9.17, 15) is 4.79 Å². The molecule has 0 bridgehead atoms. The average Bonchev–Trinajstić information content (AvgIpc) is 3.16. The van der Waals surface area contributed by atoms with Crippen LogP contribution in [-0.2, 0) is 16.0 Å². The molecule has 2 aromatic heterocycles. The molecule has 0 atom stereocenters. The van der Waals surface area contributed by atoms with Crippen molar-refractivity contribution in [2.75, 3.05) is 31.6 Å². The fourth-order valence-corrected chi connectivity index (χ4v) is 3.22. The first-order valence-electron chi connectivity index (χ1n) is 8.76. The van der Waals surface area contributed by atoms with Crippen LogP contribution in [0.2, 0.25) is 0 Å². The standard InChI is InChI=1S/C18H21N5O3/c24-17(23-7-3-18(4-8-23)25-9-10-26-18)15-12-22-16(13-20-15)21-11-14-1-5-19-6-2-14/h1-2,5-6,12-13H,3-4,7-11H2,(H,21,22). The van der Waals surface area contributed by atoms with E-state index in [1.165, 1.54) is 6.20 Å². The first kappa shape index (κ1) is 16.9. The Kier molecular flexibility index (Phi) is 4.77. The number of pyridine rings is 1. The fourth-order valence-electron chi connectivity index (χ4n) is 3.22. The zero-order valence-corrected chi connectivity index (χ0v) is 14.4. The van der Waals surface area contributed by atoms with Crippen molar-refractivity contribution in [3.05, 3.63) is 48.2 Å². The van der Waals surface area contributed by atoms with Crippen LogP contribution in [0, 0.1) is 0 Å². The summed E-state index contributed by atoms with van der Waals surface area (Å²) in [4.78, 5) is 26.9. The van der Waals surface area contributed by atoms with Gasteiger partial charge in [0.05, 0.1) is 25.6 Å². The largest absolute Gasteiger partial charge is 0.365 e. The van der Waals surface area contributed by atoms with Crippen LogP contribution in [0.25, 0.3) is 0 Å². The lowest BCUT2D eigenvalue weighted by molar-refractivity contribution is -0.181. The molecule has 136 valence electrons. The van der Waals surface area contributed by atoms with Gasteiger partial charge in [-0.05, 0) is 17.7 Å². The van der Waals surface area contributed by atoms with Crippen LogP contribution in [-0.4, -0.2) is 57.8 Å². The minimum absolute atomic E-state index is 0.106. The summed E-state index contributed by atoms with van der Waals surface area (Å²) in [6.07, 6.45) is 7.98. The summed E-state index contributed by atoms with van der Waals surface area (Å²) in [5.41, 5.74) is 1.45. The van der Waals surface area contributed by atoms with Crippen molar-refractivity contribution in [1.29, 1.82) is 0 Å². The highest BCUT2D eigenvalue weighted by atomic mass is 16.7. The van der Waals surface area contributed by atoms with Crippen molar-refractivity contribution in [3.8, 4) is 0 Å². The number of ether oxygens (including phenoxy) is 2. The number of piperidine rings is 1. The number of hydrogen-bond donors (Lipinski definition) is 1. The van der Waals surface area contributed by atoms with E-state index in [1.807, 2.05) is 12.1 Å². The number of anilines is 1. The van der Waals surface area contributed by atoms with Gasteiger partial charge in [0, 0.05) is 44.9 Å². The van der Waals surface area contributed by atoms with E-state index in [2.05, 4.69) is 20.3 Å². The zero-order valence-electron chi connectivity index (χ0n) is 14.4. The summed E-state index contributed by atoms with van der Waals surface area (Å²) in [6, 6.07) is 3.86. The van der Waals surface area contributed by atoms with Crippen molar-refractivity contribution >= 4 is 11.7 Å². The number of nitrogens with one attached hydrogen (secondary N) is 1. The van der Waals surface area contributed by atoms with E-state index >= 15 is 0 Å². The predicted octanol–water partition coefficient (Wildman–Crippen LogP) is 1.46. The first-order chi connectivity index (χ1) is 12.7. The molecule has 8 heteroatoms. The third kappa shape index (κ3) is 3.66. The van der Waals surface area contributed by atoms with Gasteiger partial charge in [-0.25, -0.2) is 9.97 Å². The maximum Gasteiger partial charge on any atom is 0.274 e. The molecule has 26 heavy (non-hydrogen) atoms. The van der Waals surface area contributed by atoms with E-state index in [-0.39, 0.29) is 5.91 Å². The number of likely N-dealkylation sites (tertiary alicyclic amines) is 1. The van der Waals surface area contributed by atoms with Crippen LogP contribution < -0.4 is 5.32 Å². The number of rotatable bonds is 4. The van der Waals surface area contributed by atoms with E-state index in [1.54, 1.807) is 23.5 Å². The third-order valence-corrected chi connectivity index (χ3v) is 4.72. The van der Waals surface area contributed by atoms with Gasteiger partial charge in [-0.1, -0.05) is 0 Å². The molecule has 0 unspecified atom stereocenters. The lowest BCUT2D eigenvalue weighted by atomic mass is 10.0. The Morgan fingerprint density at radius 3 is 2.50 bits per heavy atom. The summed E-state index contributed by atoms with van der Waals surface area (Å²) in [6.45, 7) is 3.09. The molecule has 2 fully saturated rings. The Bertz CT molecular complexity index is 737. The SMILES string of the molecule is O=C(c1cnc(NCc2ccncc2)cn1)N1CCC2(CC1)OCCO2. The maximum absolute atomic E-state index is 12.6. The quantitative estimate of drug-likeness (QED) is 0.888. The maximum atomic E-state index is 12.6. The van der Waals surface area contributed by atoms with Gasteiger partial charge in [0.15, 0.2) is 5.79 Å². The molecule has 0 aliphatic carbocycles. The summed E-state index contributed by atoms with van der Waals surface area (Å²) in [5, 5.41) is 3.18. The molecule has 2 aliphatic rings. The molecule has 2 aliphatic heterocycles. The minimum Gasteiger partial charge on any atom is -0.365 e. The van der Waals surface area contributed by atoms with Crippen LogP contribution in [0.15, 0.2) is 36.9 Å². The Balaban J connectivity index is 1.32. The number of carbonyl (C=O) groups excluding carboxylic acids is 1.